The summed E-state index contributed by atoms with van der Waals surface area (Å²) >= 11 is 1.37. The number of urea groups is 1. The number of hydrogen-bond acceptors (Lipinski definition) is 7. The van der Waals surface area contributed by atoms with Crippen LogP contribution in [0.4, 0.5) is 18.0 Å². The fraction of sp³-hybridized carbons (Fsp3) is 0.500. The molecule has 4 rings (SSSR count). The van der Waals surface area contributed by atoms with Crippen molar-refractivity contribution in [1.29, 1.82) is 0 Å². The largest absolute Gasteiger partial charge is 0.424 e. The van der Waals surface area contributed by atoms with E-state index in [1.165, 1.54) is 46.1 Å². The number of amides is 2. The number of piperazine rings is 1. The number of carbonyl (C=O) groups excluding carboxylic acids is 1. The van der Waals surface area contributed by atoms with Gasteiger partial charge in [0.25, 0.3) is 5.56 Å². The highest BCUT2D eigenvalue weighted by Gasteiger charge is 2.57. The maximum Gasteiger partial charge on any atom is 0.424 e. The third-order valence-electron chi connectivity index (χ3n) is 5.82. The summed E-state index contributed by atoms with van der Waals surface area (Å²) in [6.07, 6.45) is -1.56. The van der Waals surface area contributed by atoms with E-state index in [0.717, 1.165) is 4.57 Å². The molecule has 1 atom stereocenters. The van der Waals surface area contributed by atoms with E-state index in [1.54, 1.807) is 11.6 Å². The van der Waals surface area contributed by atoms with E-state index in [-0.39, 0.29) is 12.1 Å². The molecule has 1 aliphatic heterocycles. The Morgan fingerprint density at radius 2 is 1.97 bits per heavy atom. The van der Waals surface area contributed by atoms with Gasteiger partial charge in [0.2, 0.25) is 5.60 Å². The van der Waals surface area contributed by atoms with Gasteiger partial charge in [-0.25, -0.2) is 14.8 Å². The second kappa shape index (κ2) is 9.35. The molecular formula is C20H24F3N7O3S. The molecule has 2 N–H and O–H groups in total. The molecule has 34 heavy (non-hydrogen) atoms. The first kappa shape index (κ1) is 24.2. The van der Waals surface area contributed by atoms with Crippen molar-refractivity contribution in [3.8, 4) is 0 Å². The minimum Gasteiger partial charge on any atom is -0.374 e. The Bertz CT molecular complexity index is 1220. The lowest BCUT2D eigenvalue weighted by atomic mass is 9.97. The predicted octanol–water partition coefficient (Wildman–Crippen LogP) is 1.16. The third kappa shape index (κ3) is 4.79. The van der Waals surface area contributed by atoms with Gasteiger partial charge < -0.3 is 19.9 Å². The first-order valence-electron chi connectivity index (χ1n) is 10.6. The van der Waals surface area contributed by atoms with E-state index in [0.29, 0.717) is 43.4 Å². The maximum atomic E-state index is 13.6. The number of carbonyl (C=O) groups is 1. The van der Waals surface area contributed by atoms with Crippen molar-refractivity contribution in [2.45, 2.75) is 24.7 Å². The zero-order valence-electron chi connectivity index (χ0n) is 18.3. The number of hydrogen-bond donors (Lipinski definition) is 2. The van der Waals surface area contributed by atoms with Crippen molar-refractivity contribution in [3.63, 3.8) is 0 Å². The molecule has 3 aromatic heterocycles. The molecule has 1 unspecified atom stereocenters. The molecule has 1 aliphatic rings. The lowest BCUT2D eigenvalue weighted by Gasteiger charge is -2.35. The molecule has 0 saturated carbocycles. The number of halogens is 3. The lowest BCUT2D eigenvalue weighted by Crippen LogP contribution is -2.52. The molecule has 10 nitrogen and oxygen atoms in total. The van der Waals surface area contributed by atoms with Crippen molar-refractivity contribution in [3.05, 3.63) is 51.9 Å². The molecule has 0 aliphatic carbocycles. The number of alkyl halides is 3. The van der Waals surface area contributed by atoms with Crippen molar-refractivity contribution in [2.75, 3.05) is 32.7 Å². The normalized spacial score (nSPS) is 17.1. The van der Waals surface area contributed by atoms with E-state index < -0.39 is 30.1 Å². The fourth-order valence-electron chi connectivity index (χ4n) is 3.91. The zero-order valence-corrected chi connectivity index (χ0v) is 19.1. The Kier molecular flexibility index (Phi) is 6.64. The van der Waals surface area contributed by atoms with Gasteiger partial charge >= 0.3 is 12.2 Å². The minimum absolute atomic E-state index is 0.149. The van der Waals surface area contributed by atoms with E-state index in [2.05, 4.69) is 20.2 Å². The summed E-state index contributed by atoms with van der Waals surface area (Å²) in [6, 6.07) is 0.989. The summed E-state index contributed by atoms with van der Waals surface area (Å²) in [5.74, 6) is -0.531. The molecule has 0 radical (unpaired) electrons. The summed E-state index contributed by atoms with van der Waals surface area (Å²) in [4.78, 5) is 36.9. The molecule has 4 heterocycles. The Hall–Kier alpha value is -2.97. The van der Waals surface area contributed by atoms with Gasteiger partial charge in [0.1, 0.15) is 5.82 Å². The van der Waals surface area contributed by atoms with E-state index >= 15 is 0 Å². The van der Waals surface area contributed by atoms with Gasteiger partial charge in [-0.1, -0.05) is 0 Å². The smallest absolute Gasteiger partial charge is 0.374 e. The Morgan fingerprint density at radius 1 is 1.24 bits per heavy atom. The molecule has 0 bridgehead atoms. The summed E-state index contributed by atoms with van der Waals surface area (Å²) in [5.41, 5.74) is -2.68. The SMILES string of the molecule is Cn1ccnc1C(O)(CCNC(=O)N1CCN(Cc2cc(=O)n3ccsc3n2)CC1)C(F)(F)F. The zero-order chi connectivity index (χ0) is 24.5. The quantitative estimate of drug-likeness (QED) is 0.527. The minimum atomic E-state index is -4.95. The van der Waals surface area contributed by atoms with Gasteiger partial charge in [0, 0.05) is 82.8 Å². The van der Waals surface area contributed by atoms with Gasteiger partial charge in [-0.15, -0.1) is 11.3 Å². The van der Waals surface area contributed by atoms with Gasteiger partial charge in [-0.05, 0) is 0 Å². The number of nitrogens with one attached hydrogen (secondary N) is 1. The van der Waals surface area contributed by atoms with Crippen molar-refractivity contribution in [1.82, 2.24) is 34.1 Å². The molecule has 184 valence electrons. The van der Waals surface area contributed by atoms with E-state index in [9.17, 15) is 27.9 Å². The predicted molar refractivity (Wildman–Crippen MR) is 117 cm³/mol. The molecule has 1 saturated heterocycles. The number of aromatic nitrogens is 4. The second-order valence-electron chi connectivity index (χ2n) is 8.11. The van der Waals surface area contributed by atoms with Crippen molar-refractivity contribution < 1.29 is 23.1 Å². The summed E-state index contributed by atoms with van der Waals surface area (Å²) in [7, 11) is 1.36. The highest BCUT2D eigenvalue weighted by molar-refractivity contribution is 7.15. The van der Waals surface area contributed by atoms with Crippen LogP contribution in [-0.4, -0.2) is 78.8 Å². The summed E-state index contributed by atoms with van der Waals surface area (Å²) in [6.45, 7) is 1.87. The van der Waals surface area contributed by atoms with Crippen LogP contribution in [0, 0.1) is 0 Å². The van der Waals surface area contributed by atoms with Gasteiger partial charge in [0.05, 0.1) is 5.69 Å². The first-order valence-corrected chi connectivity index (χ1v) is 11.4. The Labute approximate surface area is 196 Å². The van der Waals surface area contributed by atoms with Crippen LogP contribution in [-0.2, 0) is 19.2 Å². The number of thiazole rings is 1. The van der Waals surface area contributed by atoms with Gasteiger partial charge in [0.15, 0.2) is 4.96 Å². The van der Waals surface area contributed by atoms with Gasteiger partial charge in [-0.2, -0.15) is 13.2 Å². The molecule has 3 aromatic rings. The topological polar surface area (TPSA) is 108 Å². The number of imidazole rings is 1. The van der Waals surface area contributed by atoms with Crippen LogP contribution in [0.5, 0.6) is 0 Å². The summed E-state index contributed by atoms with van der Waals surface area (Å²) < 4.78 is 43.3. The lowest BCUT2D eigenvalue weighted by molar-refractivity contribution is -0.272. The number of aryl methyl sites for hydroxylation is 1. The fourth-order valence-corrected chi connectivity index (χ4v) is 4.65. The standard InChI is InChI=1S/C20H24F3N7O3S/c1-27-5-4-24-16(27)19(33,20(21,22)23)2-3-25-17(32)29-8-6-28(7-9-29)13-14-12-15(31)30-10-11-34-18(30)26-14/h4-5,10-12,33H,2-3,6-9,13H2,1H3,(H,25,32). The van der Waals surface area contributed by atoms with Crippen LogP contribution < -0.4 is 10.9 Å². The van der Waals surface area contributed by atoms with Crippen LogP contribution >= 0.6 is 11.3 Å². The van der Waals surface area contributed by atoms with Crippen LogP contribution in [0.3, 0.4) is 0 Å². The molecule has 2 amide bonds. The second-order valence-corrected chi connectivity index (χ2v) is 8.98. The average Bonchev–Trinajstić information content (AvgIpc) is 3.42. The van der Waals surface area contributed by atoms with Crippen LogP contribution in [0.1, 0.15) is 17.9 Å². The van der Waals surface area contributed by atoms with Crippen LogP contribution in [0.25, 0.3) is 4.96 Å². The molecule has 14 heteroatoms. The average molecular weight is 500 g/mol. The number of aliphatic hydroxyl groups is 1. The van der Waals surface area contributed by atoms with Gasteiger partial charge in [-0.3, -0.25) is 14.1 Å². The molecule has 0 aromatic carbocycles. The molecule has 1 fully saturated rings. The monoisotopic (exact) mass is 499 g/mol. The number of fused-ring (bicyclic) bond motifs is 1. The molecule has 0 spiro atoms. The maximum absolute atomic E-state index is 13.6. The number of rotatable bonds is 6. The highest BCUT2D eigenvalue weighted by Crippen LogP contribution is 2.40. The number of nitrogens with zero attached hydrogens (tertiary/aromatic N) is 6. The first-order chi connectivity index (χ1) is 16.1. The highest BCUT2D eigenvalue weighted by atomic mass is 32.1. The van der Waals surface area contributed by atoms with Crippen LogP contribution in [0.15, 0.2) is 34.8 Å². The molecular weight excluding hydrogens is 475 g/mol. The third-order valence-corrected chi connectivity index (χ3v) is 6.58. The Balaban J connectivity index is 1.28. The van der Waals surface area contributed by atoms with Crippen molar-refractivity contribution in [2.24, 2.45) is 7.05 Å². The van der Waals surface area contributed by atoms with Crippen LogP contribution in [0.2, 0.25) is 0 Å². The Morgan fingerprint density at radius 3 is 2.62 bits per heavy atom. The van der Waals surface area contributed by atoms with E-state index in [4.69, 9.17) is 0 Å². The van der Waals surface area contributed by atoms with Crippen molar-refractivity contribution >= 4 is 22.3 Å². The van der Waals surface area contributed by atoms with E-state index in [1.807, 2.05) is 0 Å². The summed E-state index contributed by atoms with van der Waals surface area (Å²) in [5, 5.41) is 14.6.